The van der Waals surface area contributed by atoms with Crippen LogP contribution in [0, 0.1) is 5.41 Å². The number of hydrogen-bond donors (Lipinski definition) is 4. The van der Waals surface area contributed by atoms with Crippen molar-refractivity contribution in [2.75, 3.05) is 19.8 Å². The molecule has 0 radical (unpaired) electrons. The summed E-state index contributed by atoms with van der Waals surface area (Å²) in [7, 11) is 0. The smallest absolute Gasteiger partial charge is 0.227 e. The minimum Gasteiger partial charge on any atom is -0.394 e. The van der Waals surface area contributed by atoms with E-state index in [1.165, 1.54) is 0 Å². The van der Waals surface area contributed by atoms with Crippen LogP contribution < -0.4 is 11.1 Å². The Bertz CT molecular complexity index is 211. The zero-order valence-electron chi connectivity index (χ0n) is 8.91. The fourth-order valence-corrected chi connectivity index (χ4v) is 2.06. The highest BCUT2D eigenvalue weighted by Gasteiger charge is 2.40. The molecule has 1 amide bonds. The van der Waals surface area contributed by atoms with Crippen molar-refractivity contribution in [2.24, 2.45) is 11.1 Å². The number of carbonyl (C=O) groups excluding carboxylic acids is 1. The Labute approximate surface area is 89.7 Å². The third kappa shape index (κ3) is 2.68. The maximum atomic E-state index is 11.9. The number of rotatable bonds is 5. The minimum absolute atomic E-state index is 0.129. The molecule has 0 aromatic rings. The molecule has 5 nitrogen and oxygen atoms in total. The summed E-state index contributed by atoms with van der Waals surface area (Å²) in [5.41, 5.74) is 5.17. The molecule has 1 fully saturated rings. The van der Waals surface area contributed by atoms with E-state index in [9.17, 15) is 4.79 Å². The number of carbonyl (C=O) groups is 1. The van der Waals surface area contributed by atoms with Crippen LogP contribution in [0.15, 0.2) is 0 Å². The molecule has 0 bridgehead atoms. The van der Waals surface area contributed by atoms with Gasteiger partial charge in [0.15, 0.2) is 0 Å². The maximum absolute atomic E-state index is 11.9. The van der Waals surface area contributed by atoms with Gasteiger partial charge < -0.3 is 21.3 Å². The van der Waals surface area contributed by atoms with Gasteiger partial charge in [-0.2, -0.15) is 0 Å². The average Bonchev–Trinajstić information content (AvgIpc) is 2.75. The van der Waals surface area contributed by atoms with Gasteiger partial charge in [0.2, 0.25) is 5.91 Å². The van der Waals surface area contributed by atoms with Gasteiger partial charge in [0.25, 0.3) is 0 Å². The first-order valence-corrected chi connectivity index (χ1v) is 5.41. The topological polar surface area (TPSA) is 95.6 Å². The molecule has 0 aromatic carbocycles. The molecule has 0 aliphatic heterocycles. The molecule has 0 unspecified atom stereocenters. The van der Waals surface area contributed by atoms with Crippen LogP contribution in [-0.2, 0) is 4.79 Å². The van der Waals surface area contributed by atoms with Gasteiger partial charge in [0, 0.05) is 6.54 Å². The van der Waals surface area contributed by atoms with E-state index in [4.69, 9.17) is 15.9 Å². The van der Waals surface area contributed by atoms with Gasteiger partial charge in [0.1, 0.15) is 0 Å². The van der Waals surface area contributed by atoms with Gasteiger partial charge in [-0.15, -0.1) is 0 Å². The highest BCUT2D eigenvalue weighted by Crippen LogP contribution is 2.37. The molecule has 0 atom stereocenters. The van der Waals surface area contributed by atoms with Gasteiger partial charge in [-0.05, 0) is 12.8 Å². The lowest BCUT2D eigenvalue weighted by molar-refractivity contribution is -0.131. The molecule has 0 spiro atoms. The van der Waals surface area contributed by atoms with E-state index in [1.807, 2.05) is 0 Å². The van der Waals surface area contributed by atoms with Crippen LogP contribution >= 0.6 is 0 Å². The zero-order valence-corrected chi connectivity index (χ0v) is 8.91. The largest absolute Gasteiger partial charge is 0.394 e. The molecule has 0 aromatic heterocycles. The lowest BCUT2D eigenvalue weighted by atomic mass is 9.85. The van der Waals surface area contributed by atoms with Crippen molar-refractivity contribution < 1.29 is 15.0 Å². The Morgan fingerprint density at radius 2 is 1.87 bits per heavy atom. The van der Waals surface area contributed by atoms with Crippen LogP contribution in [-0.4, -0.2) is 41.9 Å². The molecule has 5 N–H and O–H groups in total. The van der Waals surface area contributed by atoms with Crippen molar-refractivity contribution in [3.63, 3.8) is 0 Å². The van der Waals surface area contributed by atoms with E-state index >= 15 is 0 Å². The van der Waals surface area contributed by atoms with E-state index in [0.29, 0.717) is 6.54 Å². The third-order valence-corrected chi connectivity index (χ3v) is 3.21. The number of amides is 1. The molecule has 1 aliphatic carbocycles. The highest BCUT2D eigenvalue weighted by molar-refractivity contribution is 5.83. The zero-order chi connectivity index (χ0) is 11.3. The number of aliphatic hydroxyl groups excluding tert-OH is 2. The Hall–Kier alpha value is -0.650. The molecule has 88 valence electrons. The summed E-state index contributed by atoms with van der Waals surface area (Å²) in [5.74, 6) is -0.129. The monoisotopic (exact) mass is 216 g/mol. The van der Waals surface area contributed by atoms with Gasteiger partial charge in [-0.25, -0.2) is 0 Å². The first kappa shape index (κ1) is 12.4. The molecular formula is C10H20N2O3. The molecule has 1 aliphatic rings. The van der Waals surface area contributed by atoms with Gasteiger partial charge in [0.05, 0.1) is 24.7 Å². The summed E-state index contributed by atoms with van der Waals surface area (Å²) in [4.78, 5) is 11.9. The van der Waals surface area contributed by atoms with Crippen LogP contribution in [0.2, 0.25) is 0 Å². The minimum atomic E-state index is -0.568. The summed E-state index contributed by atoms with van der Waals surface area (Å²) in [6, 6.07) is -0.568. The quantitative estimate of drug-likeness (QED) is 0.473. The second-order valence-electron chi connectivity index (χ2n) is 4.23. The summed E-state index contributed by atoms with van der Waals surface area (Å²) in [5, 5.41) is 20.4. The first-order valence-electron chi connectivity index (χ1n) is 5.41. The van der Waals surface area contributed by atoms with Crippen LogP contribution in [0.3, 0.4) is 0 Å². The maximum Gasteiger partial charge on any atom is 0.227 e. The van der Waals surface area contributed by atoms with Crippen LogP contribution in [0.4, 0.5) is 0 Å². The molecule has 5 heteroatoms. The number of nitrogens with one attached hydrogen (secondary N) is 1. The molecular weight excluding hydrogens is 196 g/mol. The number of hydrogen-bond acceptors (Lipinski definition) is 4. The lowest BCUT2D eigenvalue weighted by Crippen LogP contribution is -2.50. The van der Waals surface area contributed by atoms with Crippen molar-refractivity contribution in [1.29, 1.82) is 0 Å². The second-order valence-corrected chi connectivity index (χ2v) is 4.23. The van der Waals surface area contributed by atoms with Gasteiger partial charge in [-0.3, -0.25) is 4.79 Å². The molecule has 0 heterocycles. The molecule has 1 rings (SSSR count). The van der Waals surface area contributed by atoms with Crippen molar-refractivity contribution in [2.45, 2.75) is 31.7 Å². The van der Waals surface area contributed by atoms with Crippen molar-refractivity contribution in [3.05, 3.63) is 0 Å². The first-order chi connectivity index (χ1) is 7.18. The standard InChI is InChI=1S/C10H20N2O3/c11-7-10(3-1-2-4-10)9(15)12-8(5-13)6-14/h8,13-14H,1-7,11H2,(H,12,15). The van der Waals surface area contributed by atoms with Crippen molar-refractivity contribution in [3.8, 4) is 0 Å². The Morgan fingerprint density at radius 1 is 1.33 bits per heavy atom. The van der Waals surface area contributed by atoms with Crippen LogP contribution in [0.5, 0.6) is 0 Å². The number of nitrogens with two attached hydrogens (primary N) is 1. The fourth-order valence-electron chi connectivity index (χ4n) is 2.06. The molecule has 0 saturated heterocycles. The van der Waals surface area contributed by atoms with Crippen LogP contribution in [0.25, 0.3) is 0 Å². The lowest BCUT2D eigenvalue weighted by Gasteiger charge is -2.27. The summed E-state index contributed by atoms with van der Waals surface area (Å²) < 4.78 is 0. The van der Waals surface area contributed by atoms with E-state index < -0.39 is 11.5 Å². The van der Waals surface area contributed by atoms with Crippen molar-refractivity contribution in [1.82, 2.24) is 5.32 Å². The third-order valence-electron chi connectivity index (χ3n) is 3.21. The Morgan fingerprint density at radius 3 is 2.27 bits per heavy atom. The summed E-state index contributed by atoms with van der Waals surface area (Å²) in [6.45, 7) is -0.159. The van der Waals surface area contributed by atoms with E-state index in [2.05, 4.69) is 5.32 Å². The molecule has 1 saturated carbocycles. The van der Waals surface area contributed by atoms with E-state index in [0.717, 1.165) is 25.7 Å². The predicted octanol–water partition coefficient (Wildman–Crippen LogP) is -1.03. The predicted molar refractivity (Wildman–Crippen MR) is 56.1 cm³/mol. The van der Waals surface area contributed by atoms with E-state index in [-0.39, 0.29) is 19.1 Å². The second kappa shape index (κ2) is 5.44. The van der Waals surface area contributed by atoms with Crippen molar-refractivity contribution >= 4 is 5.91 Å². The van der Waals surface area contributed by atoms with Gasteiger partial charge >= 0.3 is 0 Å². The number of aliphatic hydroxyl groups is 2. The molecule has 15 heavy (non-hydrogen) atoms. The Balaban J connectivity index is 2.57. The highest BCUT2D eigenvalue weighted by atomic mass is 16.3. The van der Waals surface area contributed by atoms with E-state index in [1.54, 1.807) is 0 Å². The SMILES string of the molecule is NCC1(C(=O)NC(CO)CO)CCCC1. The summed E-state index contributed by atoms with van der Waals surface area (Å²) in [6.07, 6.45) is 3.65. The van der Waals surface area contributed by atoms with Gasteiger partial charge in [-0.1, -0.05) is 12.8 Å². The average molecular weight is 216 g/mol. The van der Waals surface area contributed by atoms with Crippen LogP contribution in [0.1, 0.15) is 25.7 Å². The fraction of sp³-hybridized carbons (Fsp3) is 0.900. The summed E-state index contributed by atoms with van der Waals surface area (Å²) >= 11 is 0. The Kier molecular flexibility index (Phi) is 4.50. The normalized spacial score (nSPS) is 19.5.